The molecule has 0 heterocycles. The Bertz CT molecular complexity index is 363. The minimum Gasteiger partial charge on any atom is -0.493 e. The van der Waals surface area contributed by atoms with E-state index in [1.807, 2.05) is 13.0 Å². The van der Waals surface area contributed by atoms with Crippen LogP contribution in [-0.2, 0) is 0 Å². The van der Waals surface area contributed by atoms with Crippen molar-refractivity contribution >= 4 is 44.3 Å². The van der Waals surface area contributed by atoms with Crippen LogP contribution in [0.5, 0.6) is 5.75 Å². The summed E-state index contributed by atoms with van der Waals surface area (Å²) in [6.07, 6.45) is 0. The number of hydrogen-bond acceptors (Lipinski definition) is 2. The van der Waals surface area contributed by atoms with E-state index in [9.17, 15) is 4.79 Å². The Morgan fingerprint density at radius 2 is 2.21 bits per heavy atom. The van der Waals surface area contributed by atoms with Crippen LogP contribution < -0.4 is 4.74 Å². The summed E-state index contributed by atoms with van der Waals surface area (Å²) < 4.78 is 7.15. The molecule has 0 aromatic heterocycles. The highest BCUT2D eigenvalue weighted by atomic mass is 127. The molecule has 0 unspecified atom stereocenters. The molecule has 1 aromatic rings. The maximum atomic E-state index is 11.2. The summed E-state index contributed by atoms with van der Waals surface area (Å²) in [6.45, 7) is 4.11. The molecule has 0 atom stereocenters. The molecule has 1 rings (SSSR count). The lowest BCUT2D eigenvalue weighted by Gasteiger charge is -2.09. The van der Waals surface area contributed by atoms with E-state index in [-0.39, 0.29) is 5.78 Å². The van der Waals surface area contributed by atoms with E-state index in [1.165, 1.54) is 0 Å². The Hall–Kier alpha value is -0.100. The van der Waals surface area contributed by atoms with Gasteiger partial charge >= 0.3 is 0 Å². The van der Waals surface area contributed by atoms with Crippen molar-refractivity contribution in [2.24, 2.45) is 0 Å². The van der Waals surface area contributed by atoms with E-state index >= 15 is 0 Å². The van der Waals surface area contributed by atoms with Crippen LogP contribution in [0.2, 0.25) is 0 Å². The van der Waals surface area contributed by atoms with Crippen LogP contribution in [0.1, 0.15) is 24.2 Å². The first-order valence-corrected chi connectivity index (χ1v) is 6.06. The van der Waals surface area contributed by atoms with Gasteiger partial charge in [-0.1, -0.05) is 0 Å². The minimum absolute atomic E-state index is 0.0677. The summed E-state index contributed by atoms with van der Waals surface area (Å²) in [5.41, 5.74) is 0.723. The molecule has 1 aromatic carbocycles. The molecular weight excluding hydrogens is 359 g/mol. The standard InChI is InChI=1S/C10H10BrIO2/c1-3-14-8-5-4-7(6(2)13)10(12)9(8)11/h4-5H,3H2,1-2H3. The molecule has 4 heteroatoms. The van der Waals surface area contributed by atoms with E-state index in [2.05, 4.69) is 38.5 Å². The molecule has 0 saturated carbocycles. The molecule has 0 spiro atoms. The first-order chi connectivity index (χ1) is 6.57. The Morgan fingerprint density at radius 1 is 1.57 bits per heavy atom. The summed E-state index contributed by atoms with van der Waals surface area (Å²) in [6, 6.07) is 3.60. The topological polar surface area (TPSA) is 26.3 Å². The summed E-state index contributed by atoms with van der Waals surface area (Å²) in [5.74, 6) is 0.847. The van der Waals surface area contributed by atoms with Gasteiger partial charge in [-0.05, 0) is 64.5 Å². The third-order valence-corrected chi connectivity index (χ3v) is 4.38. The van der Waals surface area contributed by atoms with Gasteiger partial charge in [0.1, 0.15) is 5.75 Å². The molecule has 0 amide bonds. The van der Waals surface area contributed by atoms with Gasteiger partial charge in [0.25, 0.3) is 0 Å². The van der Waals surface area contributed by atoms with E-state index < -0.39 is 0 Å². The highest BCUT2D eigenvalue weighted by Gasteiger charge is 2.12. The number of carbonyl (C=O) groups is 1. The molecule has 0 fully saturated rings. The highest BCUT2D eigenvalue weighted by molar-refractivity contribution is 14.1. The van der Waals surface area contributed by atoms with E-state index in [0.717, 1.165) is 19.4 Å². The predicted octanol–water partition coefficient (Wildman–Crippen LogP) is 3.66. The monoisotopic (exact) mass is 368 g/mol. The Balaban J connectivity index is 3.19. The van der Waals surface area contributed by atoms with Gasteiger partial charge in [-0.15, -0.1) is 0 Å². The smallest absolute Gasteiger partial charge is 0.160 e. The molecular formula is C10H10BrIO2. The maximum absolute atomic E-state index is 11.2. The summed E-state index contributed by atoms with van der Waals surface area (Å²) in [5, 5.41) is 0. The van der Waals surface area contributed by atoms with Crippen LogP contribution in [0.3, 0.4) is 0 Å². The van der Waals surface area contributed by atoms with Gasteiger partial charge in [-0.3, -0.25) is 4.79 Å². The number of ether oxygens (including phenoxy) is 1. The Labute approximate surface area is 105 Å². The van der Waals surface area contributed by atoms with E-state index in [1.54, 1.807) is 13.0 Å². The van der Waals surface area contributed by atoms with Gasteiger partial charge in [0.2, 0.25) is 0 Å². The van der Waals surface area contributed by atoms with Crippen LogP contribution in [0, 0.1) is 3.57 Å². The molecule has 2 nitrogen and oxygen atoms in total. The van der Waals surface area contributed by atoms with E-state index in [4.69, 9.17) is 4.74 Å². The fourth-order valence-corrected chi connectivity index (χ4v) is 2.36. The Kier molecular flexibility index (Phi) is 4.37. The van der Waals surface area contributed by atoms with Crippen LogP contribution in [0.25, 0.3) is 0 Å². The van der Waals surface area contributed by atoms with Crippen molar-refractivity contribution in [1.82, 2.24) is 0 Å². The fraction of sp³-hybridized carbons (Fsp3) is 0.300. The third kappa shape index (κ3) is 2.48. The number of hydrogen-bond donors (Lipinski definition) is 0. The number of ketones is 1. The second-order valence-electron chi connectivity index (χ2n) is 2.73. The van der Waals surface area contributed by atoms with Gasteiger partial charge in [-0.25, -0.2) is 0 Å². The minimum atomic E-state index is 0.0677. The first-order valence-electron chi connectivity index (χ1n) is 4.19. The Morgan fingerprint density at radius 3 is 2.71 bits per heavy atom. The third-order valence-electron chi connectivity index (χ3n) is 1.73. The zero-order valence-corrected chi connectivity index (χ0v) is 11.7. The largest absolute Gasteiger partial charge is 0.493 e. The van der Waals surface area contributed by atoms with Crippen LogP contribution >= 0.6 is 38.5 Å². The molecule has 0 aliphatic heterocycles. The molecule has 0 radical (unpaired) electrons. The molecule has 0 saturated heterocycles. The van der Waals surface area contributed by atoms with Crippen molar-refractivity contribution in [3.05, 3.63) is 25.7 Å². The lowest BCUT2D eigenvalue weighted by atomic mass is 10.1. The molecule has 76 valence electrons. The van der Waals surface area contributed by atoms with Gasteiger partial charge in [-0.2, -0.15) is 0 Å². The average molecular weight is 369 g/mol. The van der Waals surface area contributed by atoms with Gasteiger partial charge in [0.15, 0.2) is 5.78 Å². The summed E-state index contributed by atoms with van der Waals surface area (Å²) in [7, 11) is 0. The highest BCUT2D eigenvalue weighted by Crippen LogP contribution is 2.32. The van der Waals surface area contributed by atoms with Crippen molar-refractivity contribution in [2.75, 3.05) is 6.61 Å². The first kappa shape index (κ1) is 12.0. The number of benzene rings is 1. The maximum Gasteiger partial charge on any atom is 0.160 e. The van der Waals surface area contributed by atoms with Crippen molar-refractivity contribution in [2.45, 2.75) is 13.8 Å². The van der Waals surface area contributed by atoms with Gasteiger partial charge < -0.3 is 4.74 Å². The molecule has 0 N–H and O–H groups in total. The number of Topliss-reactive ketones (excluding diaryl/α,β-unsaturated/α-hetero) is 1. The molecule has 0 bridgehead atoms. The molecule has 0 aliphatic carbocycles. The predicted molar refractivity (Wildman–Crippen MR) is 68.0 cm³/mol. The zero-order valence-electron chi connectivity index (χ0n) is 7.93. The van der Waals surface area contributed by atoms with E-state index in [0.29, 0.717) is 6.61 Å². The second-order valence-corrected chi connectivity index (χ2v) is 4.60. The van der Waals surface area contributed by atoms with Crippen molar-refractivity contribution in [3.8, 4) is 5.75 Å². The number of rotatable bonds is 3. The van der Waals surface area contributed by atoms with Crippen LogP contribution in [0.4, 0.5) is 0 Å². The van der Waals surface area contributed by atoms with Crippen LogP contribution in [-0.4, -0.2) is 12.4 Å². The summed E-state index contributed by atoms with van der Waals surface area (Å²) >= 11 is 5.55. The lowest BCUT2D eigenvalue weighted by molar-refractivity contribution is 0.101. The van der Waals surface area contributed by atoms with Crippen molar-refractivity contribution < 1.29 is 9.53 Å². The van der Waals surface area contributed by atoms with Crippen LogP contribution in [0.15, 0.2) is 16.6 Å². The second kappa shape index (κ2) is 5.11. The number of halogens is 2. The lowest BCUT2D eigenvalue weighted by Crippen LogP contribution is -2.00. The van der Waals surface area contributed by atoms with Crippen molar-refractivity contribution in [1.29, 1.82) is 0 Å². The van der Waals surface area contributed by atoms with Gasteiger partial charge in [0.05, 0.1) is 11.1 Å². The molecule has 14 heavy (non-hydrogen) atoms. The van der Waals surface area contributed by atoms with Crippen molar-refractivity contribution in [3.63, 3.8) is 0 Å². The average Bonchev–Trinajstić information content (AvgIpc) is 2.13. The van der Waals surface area contributed by atoms with Gasteiger partial charge in [0, 0.05) is 9.13 Å². The number of carbonyl (C=O) groups excluding carboxylic acids is 1. The zero-order chi connectivity index (χ0) is 10.7. The fourth-order valence-electron chi connectivity index (χ4n) is 1.07. The summed E-state index contributed by atoms with van der Waals surface area (Å²) in [4.78, 5) is 11.2. The quantitative estimate of drug-likeness (QED) is 0.601. The molecule has 0 aliphatic rings. The normalized spacial score (nSPS) is 10.0. The SMILES string of the molecule is CCOc1ccc(C(C)=O)c(I)c1Br.